The van der Waals surface area contributed by atoms with E-state index in [2.05, 4.69) is 115 Å². The number of imidazole rings is 1. The fourth-order valence-corrected chi connectivity index (χ4v) is 4.53. The van der Waals surface area contributed by atoms with Crippen molar-refractivity contribution in [1.29, 1.82) is 0 Å². The molecule has 0 radical (unpaired) electrons. The molecule has 36 heavy (non-hydrogen) atoms. The molecule has 0 unspecified atom stereocenters. The quantitative estimate of drug-likeness (QED) is 0.269. The SMILES string of the molecule is CNC(=O)[C@H](Cc1cn(C(c2ccccc2)(c2ccccc2)c2ccccc2)cn1)N=CC(C)(C)C. The van der Waals surface area contributed by atoms with Crippen LogP contribution in [-0.4, -0.2) is 34.8 Å². The van der Waals surface area contributed by atoms with E-state index in [0.29, 0.717) is 6.42 Å². The molecule has 3 aromatic carbocycles. The summed E-state index contributed by atoms with van der Waals surface area (Å²) in [5.41, 5.74) is 3.43. The molecular weight excluding hydrogens is 444 g/mol. The lowest BCUT2D eigenvalue weighted by Gasteiger charge is -2.37. The molecule has 0 aliphatic rings. The van der Waals surface area contributed by atoms with E-state index in [4.69, 9.17) is 4.98 Å². The number of nitrogens with zero attached hydrogens (tertiary/aromatic N) is 3. The van der Waals surface area contributed by atoms with Crippen molar-refractivity contribution in [2.75, 3.05) is 7.05 Å². The summed E-state index contributed by atoms with van der Waals surface area (Å²) in [6, 6.07) is 30.9. The van der Waals surface area contributed by atoms with Crippen molar-refractivity contribution in [2.24, 2.45) is 10.4 Å². The van der Waals surface area contributed by atoms with Crippen LogP contribution in [0.3, 0.4) is 0 Å². The summed E-state index contributed by atoms with van der Waals surface area (Å²) in [4.78, 5) is 22.0. The highest BCUT2D eigenvalue weighted by atomic mass is 16.2. The van der Waals surface area contributed by atoms with E-state index < -0.39 is 11.6 Å². The van der Waals surface area contributed by atoms with Crippen LogP contribution >= 0.6 is 0 Å². The molecule has 5 nitrogen and oxygen atoms in total. The smallest absolute Gasteiger partial charge is 0.244 e. The standard InChI is InChI=1S/C31H34N4O/c1-30(2,3)22-33-28(29(36)32-4)20-27-21-35(23-34-27)31(24-14-8-5-9-15-24,25-16-10-6-11-17-25)26-18-12-7-13-19-26/h5-19,21-23,28H,20H2,1-4H3,(H,32,36)/t28-/m0/s1. The van der Waals surface area contributed by atoms with Gasteiger partial charge in [0.1, 0.15) is 11.6 Å². The van der Waals surface area contributed by atoms with Gasteiger partial charge in [-0.2, -0.15) is 0 Å². The van der Waals surface area contributed by atoms with Gasteiger partial charge in [0.2, 0.25) is 5.91 Å². The van der Waals surface area contributed by atoms with Gasteiger partial charge in [0.05, 0.1) is 12.0 Å². The number of hydrogen-bond donors (Lipinski definition) is 1. The molecule has 0 saturated carbocycles. The summed E-state index contributed by atoms with van der Waals surface area (Å²) in [7, 11) is 1.64. The van der Waals surface area contributed by atoms with E-state index in [0.717, 1.165) is 22.4 Å². The van der Waals surface area contributed by atoms with Gasteiger partial charge in [-0.3, -0.25) is 9.79 Å². The fraction of sp³-hybridized carbons (Fsp3) is 0.258. The van der Waals surface area contributed by atoms with Crippen LogP contribution in [0.4, 0.5) is 0 Å². The molecular formula is C31H34N4O. The van der Waals surface area contributed by atoms with Crippen molar-refractivity contribution < 1.29 is 4.79 Å². The second-order valence-electron chi connectivity index (χ2n) is 10.1. The zero-order chi connectivity index (χ0) is 25.6. The van der Waals surface area contributed by atoms with Crippen molar-refractivity contribution in [3.05, 3.63) is 126 Å². The minimum absolute atomic E-state index is 0.116. The number of aliphatic imine (C=N–C) groups is 1. The topological polar surface area (TPSA) is 59.3 Å². The van der Waals surface area contributed by atoms with Crippen LogP contribution in [0, 0.1) is 5.41 Å². The first-order valence-electron chi connectivity index (χ1n) is 12.3. The van der Waals surface area contributed by atoms with Gasteiger partial charge in [-0.05, 0) is 22.1 Å². The van der Waals surface area contributed by atoms with E-state index in [9.17, 15) is 4.79 Å². The molecule has 1 heterocycles. The number of carbonyl (C=O) groups is 1. The second kappa shape index (κ2) is 10.7. The maximum atomic E-state index is 12.6. The molecule has 0 bridgehead atoms. The van der Waals surface area contributed by atoms with Crippen LogP contribution in [0.15, 0.2) is 109 Å². The van der Waals surface area contributed by atoms with Gasteiger partial charge in [0.25, 0.3) is 0 Å². The first kappa shape index (κ1) is 25.1. The summed E-state index contributed by atoms with van der Waals surface area (Å²) in [6.45, 7) is 6.21. The monoisotopic (exact) mass is 478 g/mol. The average Bonchev–Trinajstić information content (AvgIpc) is 3.36. The summed E-state index contributed by atoms with van der Waals surface area (Å²) in [5.74, 6) is -0.120. The molecule has 1 N–H and O–H groups in total. The molecule has 0 saturated heterocycles. The molecule has 1 aromatic heterocycles. The van der Waals surface area contributed by atoms with Crippen molar-refractivity contribution >= 4 is 12.1 Å². The summed E-state index contributed by atoms with van der Waals surface area (Å²) in [6.07, 6.45) is 6.19. The zero-order valence-electron chi connectivity index (χ0n) is 21.4. The Kier molecular flexibility index (Phi) is 7.49. The summed E-state index contributed by atoms with van der Waals surface area (Å²) >= 11 is 0. The van der Waals surface area contributed by atoms with Gasteiger partial charge in [-0.1, -0.05) is 112 Å². The summed E-state index contributed by atoms with van der Waals surface area (Å²) < 4.78 is 2.16. The van der Waals surface area contributed by atoms with Crippen LogP contribution in [0.25, 0.3) is 0 Å². The van der Waals surface area contributed by atoms with Crippen molar-refractivity contribution in [2.45, 2.75) is 38.8 Å². The zero-order valence-corrected chi connectivity index (χ0v) is 21.4. The van der Waals surface area contributed by atoms with E-state index in [-0.39, 0.29) is 11.3 Å². The van der Waals surface area contributed by atoms with Crippen LogP contribution < -0.4 is 5.32 Å². The maximum absolute atomic E-state index is 12.6. The lowest BCUT2D eigenvalue weighted by atomic mass is 9.77. The van der Waals surface area contributed by atoms with Crippen molar-refractivity contribution in [3.8, 4) is 0 Å². The Hall–Kier alpha value is -3.99. The Bertz CT molecular complexity index is 1190. The first-order chi connectivity index (χ1) is 17.3. The van der Waals surface area contributed by atoms with Gasteiger partial charge < -0.3 is 9.88 Å². The van der Waals surface area contributed by atoms with E-state index in [1.54, 1.807) is 7.05 Å². The molecule has 0 fully saturated rings. The minimum Gasteiger partial charge on any atom is -0.357 e. The lowest BCUT2D eigenvalue weighted by molar-refractivity contribution is -0.121. The molecule has 1 atom stereocenters. The van der Waals surface area contributed by atoms with Crippen LogP contribution in [0.1, 0.15) is 43.2 Å². The summed E-state index contributed by atoms with van der Waals surface area (Å²) in [5, 5.41) is 2.75. The molecule has 184 valence electrons. The van der Waals surface area contributed by atoms with Gasteiger partial charge in [0, 0.05) is 25.9 Å². The lowest BCUT2D eigenvalue weighted by Crippen LogP contribution is -2.37. The van der Waals surface area contributed by atoms with Crippen LogP contribution in [0.5, 0.6) is 0 Å². The van der Waals surface area contributed by atoms with Gasteiger partial charge in [-0.25, -0.2) is 4.98 Å². The van der Waals surface area contributed by atoms with Crippen molar-refractivity contribution in [1.82, 2.24) is 14.9 Å². The number of carbonyl (C=O) groups excluding carboxylic acids is 1. The highest BCUT2D eigenvalue weighted by Crippen LogP contribution is 2.40. The number of hydrogen-bond acceptors (Lipinski definition) is 3. The molecule has 4 aromatic rings. The number of aromatic nitrogens is 2. The van der Waals surface area contributed by atoms with Gasteiger partial charge >= 0.3 is 0 Å². The first-order valence-corrected chi connectivity index (χ1v) is 12.3. The number of nitrogens with one attached hydrogen (secondary N) is 1. The minimum atomic E-state index is -0.633. The second-order valence-corrected chi connectivity index (χ2v) is 10.1. The molecule has 1 amide bonds. The number of amides is 1. The third kappa shape index (κ3) is 5.30. The maximum Gasteiger partial charge on any atom is 0.244 e. The molecule has 0 aliphatic heterocycles. The number of rotatable bonds is 8. The van der Waals surface area contributed by atoms with Crippen LogP contribution in [0.2, 0.25) is 0 Å². The highest BCUT2D eigenvalue weighted by molar-refractivity contribution is 5.83. The van der Waals surface area contributed by atoms with E-state index in [1.807, 2.05) is 30.7 Å². The number of benzene rings is 3. The Balaban J connectivity index is 1.86. The predicted molar refractivity (Wildman–Crippen MR) is 146 cm³/mol. The third-order valence-corrected chi connectivity index (χ3v) is 6.19. The molecule has 0 aliphatic carbocycles. The molecule has 5 heteroatoms. The third-order valence-electron chi connectivity index (χ3n) is 6.19. The number of likely N-dealkylation sites (N-methyl/N-ethyl adjacent to an activating group) is 1. The van der Waals surface area contributed by atoms with Gasteiger partial charge in [0.15, 0.2) is 0 Å². The van der Waals surface area contributed by atoms with Gasteiger partial charge in [-0.15, -0.1) is 0 Å². The Labute approximate surface area is 213 Å². The van der Waals surface area contributed by atoms with Crippen molar-refractivity contribution in [3.63, 3.8) is 0 Å². The largest absolute Gasteiger partial charge is 0.357 e. The normalized spacial score (nSPS) is 13.0. The average molecular weight is 479 g/mol. The fourth-order valence-electron chi connectivity index (χ4n) is 4.53. The Morgan fingerprint density at radius 1 is 0.889 bits per heavy atom. The highest BCUT2D eigenvalue weighted by Gasteiger charge is 2.38. The molecule has 0 spiro atoms. The molecule has 4 rings (SSSR count). The van der Waals surface area contributed by atoms with E-state index >= 15 is 0 Å². The Morgan fingerprint density at radius 2 is 1.36 bits per heavy atom. The predicted octanol–water partition coefficient (Wildman–Crippen LogP) is 5.50. The van der Waals surface area contributed by atoms with E-state index in [1.165, 1.54) is 0 Å². The van der Waals surface area contributed by atoms with Crippen LogP contribution in [-0.2, 0) is 16.8 Å². The Morgan fingerprint density at radius 3 is 1.78 bits per heavy atom.